The molecule has 2 nitrogen and oxygen atoms in total. The van der Waals surface area contributed by atoms with Gasteiger partial charge in [-0.3, -0.25) is 0 Å². The van der Waals surface area contributed by atoms with Crippen LogP contribution in [0.5, 0.6) is 0 Å². The number of rotatable bonds is 5. The lowest BCUT2D eigenvalue weighted by molar-refractivity contribution is 0.672. The molecule has 0 N–H and O–H groups in total. The summed E-state index contributed by atoms with van der Waals surface area (Å²) >= 11 is 0. The van der Waals surface area contributed by atoms with Gasteiger partial charge in [0.1, 0.15) is 11.2 Å². The molecule has 0 bridgehead atoms. The van der Waals surface area contributed by atoms with Crippen LogP contribution in [0.2, 0.25) is 0 Å². The normalized spacial score (nSPS) is 11.5. The summed E-state index contributed by atoms with van der Waals surface area (Å²) in [4.78, 5) is 2.41. The van der Waals surface area contributed by atoms with E-state index in [1.165, 1.54) is 27.5 Å². The van der Waals surface area contributed by atoms with Gasteiger partial charge in [0, 0.05) is 22.0 Å². The quantitative estimate of drug-likeness (QED) is 0.199. The Balaban J connectivity index is 1.33. The standard InChI is InChI=1S/C44H29NO/c1-2-13-31(14-3-1)37-19-8-10-23-40(37)45(34-27-25-32(26-28-34)36-22-12-17-30-15-4-6-18-35(30)36)41-29-33-16-5-7-20-38(33)44-43(41)39-21-9-11-24-42(39)46-44/h1-29H. The van der Waals surface area contributed by atoms with Crippen LogP contribution in [0.4, 0.5) is 17.1 Å². The molecule has 0 atom stereocenters. The highest BCUT2D eigenvalue weighted by Gasteiger charge is 2.23. The van der Waals surface area contributed by atoms with Gasteiger partial charge in [0.15, 0.2) is 0 Å². The van der Waals surface area contributed by atoms with Crippen LogP contribution in [0.25, 0.3) is 65.7 Å². The van der Waals surface area contributed by atoms with E-state index < -0.39 is 0 Å². The monoisotopic (exact) mass is 587 g/mol. The molecule has 0 radical (unpaired) electrons. The van der Waals surface area contributed by atoms with E-state index in [0.29, 0.717) is 0 Å². The highest BCUT2D eigenvalue weighted by molar-refractivity contribution is 6.22. The van der Waals surface area contributed by atoms with Crippen LogP contribution in [0.3, 0.4) is 0 Å². The molecule has 1 heterocycles. The average Bonchev–Trinajstić information content (AvgIpc) is 3.53. The molecular formula is C44H29NO. The molecule has 0 fully saturated rings. The van der Waals surface area contributed by atoms with Crippen LogP contribution in [0, 0.1) is 0 Å². The van der Waals surface area contributed by atoms with Crippen molar-refractivity contribution in [3.63, 3.8) is 0 Å². The van der Waals surface area contributed by atoms with E-state index in [4.69, 9.17) is 4.42 Å². The van der Waals surface area contributed by atoms with Crippen molar-refractivity contribution in [2.24, 2.45) is 0 Å². The Morgan fingerprint density at radius 2 is 1.00 bits per heavy atom. The van der Waals surface area contributed by atoms with Crippen LogP contribution in [0.1, 0.15) is 0 Å². The summed E-state index contributed by atoms with van der Waals surface area (Å²) in [5, 5.41) is 6.96. The Bertz CT molecular complexity index is 2520. The predicted octanol–water partition coefficient (Wildman–Crippen LogP) is 12.7. The van der Waals surface area contributed by atoms with Gasteiger partial charge in [0.05, 0.1) is 16.8 Å². The summed E-state index contributed by atoms with van der Waals surface area (Å²) in [7, 11) is 0. The fraction of sp³-hybridized carbons (Fsp3) is 0. The van der Waals surface area contributed by atoms with Gasteiger partial charge in [0.25, 0.3) is 0 Å². The van der Waals surface area contributed by atoms with Crippen LogP contribution in [0.15, 0.2) is 180 Å². The number of hydrogen-bond acceptors (Lipinski definition) is 2. The van der Waals surface area contributed by atoms with Crippen LogP contribution >= 0.6 is 0 Å². The molecule has 0 aliphatic carbocycles. The zero-order valence-corrected chi connectivity index (χ0v) is 25.1. The SMILES string of the molecule is c1ccc(-c2ccccc2N(c2ccc(-c3cccc4ccccc34)cc2)c2cc3ccccc3c3oc4ccccc4c23)cc1. The van der Waals surface area contributed by atoms with E-state index in [-0.39, 0.29) is 0 Å². The zero-order chi connectivity index (χ0) is 30.5. The largest absolute Gasteiger partial charge is 0.455 e. The Kier molecular flexibility index (Phi) is 6.17. The topological polar surface area (TPSA) is 16.4 Å². The Labute approximate surface area is 267 Å². The third-order valence-electron chi connectivity index (χ3n) is 9.05. The third kappa shape index (κ3) is 4.27. The maximum Gasteiger partial charge on any atom is 0.145 e. The van der Waals surface area contributed by atoms with Crippen molar-refractivity contribution in [3.8, 4) is 22.3 Å². The summed E-state index contributed by atoms with van der Waals surface area (Å²) in [6.07, 6.45) is 0. The first-order valence-electron chi connectivity index (χ1n) is 15.7. The van der Waals surface area contributed by atoms with Gasteiger partial charge in [-0.2, -0.15) is 0 Å². The van der Waals surface area contributed by atoms with Crippen molar-refractivity contribution in [2.75, 3.05) is 4.90 Å². The second-order valence-electron chi connectivity index (χ2n) is 11.7. The van der Waals surface area contributed by atoms with E-state index >= 15 is 0 Å². The Morgan fingerprint density at radius 3 is 1.85 bits per heavy atom. The van der Waals surface area contributed by atoms with Crippen molar-refractivity contribution in [2.45, 2.75) is 0 Å². The van der Waals surface area contributed by atoms with E-state index in [9.17, 15) is 0 Å². The minimum Gasteiger partial charge on any atom is -0.455 e. The maximum atomic E-state index is 6.63. The molecule has 0 saturated heterocycles. The second kappa shape index (κ2) is 10.8. The molecule has 0 spiro atoms. The van der Waals surface area contributed by atoms with E-state index in [1.807, 2.05) is 6.07 Å². The molecule has 0 aliphatic heterocycles. The molecular weight excluding hydrogens is 558 g/mol. The lowest BCUT2D eigenvalue weighted by atomic mass is 9.97. The van der Waals surface area contributed by atoms with Crippen molar-refractivity contribution < 1.29 is 4.42 Å². The minimum absolute atomic E-state index is 0.887. The predicted molar refractivity (Wildman–Crippen MR) is 194 cm³/mol. The highest BCUT2D eigenvalue weighted by atomic mass is 16.3. The van der Waals surface area contributed by atoms with Gasteiger partial charge < -0.3 is 9.32 Å². The number of nitrogens with zero attached hydrogens (tertiary/aromatic N) is 1. The van der Waals surface area contributed by atoms with Gasteiger partial charge in [-0.05, 0) is 63.2 Å². The summed E-state index contributed by atoms with van der Waals surface area (Å²) in [6.45, 7) is 0. The smallest absolute Gasteiger partial charge is 0.145 e. The summed E-state index contributed by atoms with van der Waals surface area (Å²) in [5.41, 5.74) is 9.81. The Hall–Kier alpha value is -6.12. The number of furan rings is 1. The van der Waals surface area contributed by atoms with Crippen molar-refractivity contribution >= 4 is 60.5 Å². The zero-order valence-electron chi connectivity index (χ0n) is 25.1. The maximum absolute atomic E-state index is 6.63. The van der Waals surface area contributed by atoms with Gasteiger partial charge in [0.2, 0.25) is 0 Å². The number of hydrogen-bond donors (Lipinski definition) is 0. The van der Waals surface area contributed by atoms with Crippen molar-refractivity contribution in [3.05, 3.63) is 176 Å². The first-order chi connectivity index (χ1) is 22.8. The Morgan fingerprint density at radius 1 is 0.391 bits per heavy atom. The molecule has 9 aromatic rings. The fourth-order valence-electron chi connectivity index (χ4n) is 6.92. The van der Waals surface area contributed by atoms with E-state index in [2.05, 4.69) is 175 Å². The van der Waals surface area contributed by atoms with Gasteiger partial charge in [-0.1, -0.05) is 146 Å². The fourth-order valence-corrected chi connectivity index (χ4v) is 6.92. The molecule has 1 aromatic heterocycles. The van der Waals surface area contributed by atoms with Crippen molar-refractivity contribution in [1.29, 1.82) is 0 Å². The first-order valence-corrected chi connectivity index (χ1v) is 15.7. The van der Waals surface area contributed by atoms with E-state index in [1.54, 1.807) is 0 Å². The number of anilines is 3. The van der Waals surface area contributed by atoms with Gasteiger partial charge in [-0.25, -0.2) is 0 Å². The van der Waals surface area contributed by atoms with Crippen molar-refractivity contribution in [1.82, 2.24) is 0 Å². The van der Waals surface area contributed by atoms with Crippen LogP contribution < -0.4 is 4.90 Å². The molecule has 0 aliphatic rings. The average molecular weight is 588 g/mol. The molecule has 2 heteroatoms. The van der Waals surface area contributed by atoms with Gasteiger partial charge >= 0.3 is 0 Å². The first kappa shape index (κ1) is 26.3. The minimum atomic E-state index is 0.887. The number of benzene rings is 8. The third-order valence-corrected chi connectivity index (χ3v) is 9.05. The number of fused-ring (bicyclic) bond motifs is 6. The molecule has 9 rings (SSSR count). The highest BCUT2D eigenvalue weighted by Crippen LogP contribution is 2.48. The number of para-hydroxylation sites is 2. The summed E-state index contributed by atoms with van der Waals surface area (Å²) in [5.74, 6) is 0. The second-order valence-corrected chi connectivity index (χ2v) is 11.7. The molecule has 216 valence electrons. The van der Waals surface area contributed by atoms with Crippen LogP contribution in [-0.2, 0) is 0 Å². The molecule has 0 amide bonds. The lowest BCUT2D eigenvalue weighted by Crippen LogP contribution is -2.11. The summed E-state index contributed by atoms with van der Waals surface area (Å²) in [6, 6.07) is 62.7. The molecule has 0 unspecified atom stereocenters. The van der Waals surface area contributed by atoms with E-state index in [0.717, 1.165) is 55.3 Å². The van der Waals surface area contributed by atoms with Crippen LogP contribution in [-0.4, -0.2) is 0 Å². The molecule has 46 heavy (non-hydrogen) atoms. The lowest BCUT2D eigenvalue weighted by Gasteiger charge is -2.29. The molecule has 0 saturated carbocycles. The molecule has 8 aromatic carbocycles. The van der Waals surface area contributed by atoms with Gasteiger partial charge in [-0.15, -0.1) is 0 Å². The summed E-state index contributed by atoms with van der Waals surface area (Å²) < 4.78 is 6.63.